The second kappa shape index (κ2) is 11.1. The number of carboxylic acid groups (broad SMARTS) is 1. The number of nitrogens with one attached hydrogen (secondary N) is 3. The number of hydrogen-bond acceptors (Lipinski definition) is 6. The van der Waals surface area contributed by atoms with E-state index >= 15 is 0 Å². The zero-order chi connectivity index (χ0) is 22.1. The third-order valence-corrected chi connectivity index (χ3v) is 4.22. The monoisotopic (exact) mass is 408 g/mol. The molecule has 0 fully saturated rings. The Morgan fingerprint density at radius 1 is 0.897 bits per heavy atom. The van der Waals surface area contributed by atoms with Crippen molar-refractivity contribution < 1.29 is 29.4 Å². The van der Waals surface area contributed by atoms with Crippen molar-refractivity contribution in [2.45, 2.75) is 57.5 Å². The summed E-state index contributed by atoms with van der Waals surface area (Å²) in [4.78, 5) is 47.9. The van der Waals surface area contributed by atoms with Crippen LogP contribution in [0.1, 0.15) is 26.3 Å². The van der Waals surface area contributed by atoms with Gasteiger partial charge in [0.05, 0.1) is 6.10 Å². The van der Waals surface area contributed by atoms with E-state index in [1.54, 1.807) is 30.3 Å². The molecule has 0 heterocycles. The van der Waals surface area contributed by atoms with Gasteiger partial charge in [0.1, 0.15) is 24.2 Å². The lowest BCUT2D eigenvalue weighted by molar-refractivity contribution is -0.141. The van der Waals surface area contributed by atoms with E-state index in [9.17, 15) is 24.3 Å². The van der Waals surface area contributed by atoms with Gasteiger partial charge >= 0.3 is 5.97 Å². The van der Waals surface area contributed by atoms with Gasteiger partial charge < -0.3 is 31.9 Å². The first kappa shape index (κ1) is 24.1. The number of nitrogens with two attached hydrogens (primary N) is 1. The average molecular weight is 408 g/mol. The molecule has 0 saturated carbocycles. The number of hydrogen-bond donors (Lipinski definition) is 6. The second-order valence-corrected chi connectivity index (χ2v) is 6.82. The first-order valence-corrected chi connectivity index (χ1v) is 9.14. The number of aliphatic hydroxyl groups excluding tert-OH is 1. The largest absolute Gasteiger partial charge is 0.480 e. The fourth-order valence-corrected chi connectivity index (χ4v) is 2.33. The zero-order valence-electron chi connectivity index (χ0n) is 16.6. The maximum absolute atomic E-state index is 12.5. The lowest BCUT2D eigenvalue weighted by atomic mass is 10.0. The molecule has 0 saturated heterocycles. The maximum Gasteiger partial charge on any atom is 0.325 e. The van der Waals surface area contributed by atoms with Crippen molar-refractivity contribution in [2.75, 3.05) is 0 Å². The molecule has 0 radical (unpaired) electrons. The third kappa shape index (κ3) is 7.88. The number of benzene rings is 1. The summed E-state index contributed by atoms with van der Waals surface area (Å²) >= 11 is 0. The van der Waals surface area contributed by atoms with Crippen molar-refractivity contribution in [3.8, 4) is 0 Å². The van der Waals surface area contributed by atoms with Gasteiger partial charge in [0.2, 0.25) is 17.7 Å². The van der Waals surface area contributed by atoms with Crippen molar-refractivity contribution >= 4 is 23.7 Å². The predicted octanol–water partition coefficient (Wildman–Crippen LogP) is -1.48. The standard InChI is InChI=1S/C19H28N4O6/c1-10(21-18(27)15(20)12(3)24)16(25)23-14(9-13-7-5-4-6-8-13)17(26)22-11(2)19(28)29/h4-8,10-12,14-15,24H,9,20H2,1-3H3,(H,21,27)(H,22,26)(H,23,25)(H,28,29). The lowest BCUT2D eigenvalue weighted by Crippen LogP contribution is -2.57. The highest BCUT2D eigenvalue weighted by Gasteiger charge is 2.28. The Morgan fingerprint density at radius 3 is 1.97 bits per heavy atom. The van der Waals surface area contributed by atoms with Crippen molar-refractivity contribution in [1.82, 2.24) is 16.0 Å². The molecule has 29 heavy (non-hydrogen) atoms. The number of aliphatic hydroxyl groups is 1. The number of amides is 3. The Kier molecular flexibility index (Phi) is 9.23. The van der Waals surface area contributed by atoms with Gasteiger partial charge in [-0.05, 0) is 26.3 Å². The smallest absolute Gasteiger partial charge is 0.325 e. The van der Waals surface area contributed by atoms with Crippen LogP contribution in [0, 0.1) is 0 Å². The fourth-order valence-electron chi connectivity index (χ4n) is 2.33. The molecule has 0 aliphatic heterocycles. The van der Waals surface area contributed by atoms with E-state index in [0.29, 0.717) is 0 Å². The molecule has 0 bridgehead atoms. The summed E-state index contributed by atoms with van der Waals surface area (Å²) in [5.74, 6) is -3.26. The van der Waals surface area contributed by atoms with Crippen LogP contribution in [-0.2, 0) is 25.6 Å². The second-order valence-electron chi connectivity index (χ2n) is 6.82. The molecule has 0 spiro atoms. The van der Waals surface area contributed by atoms with E-state index in [-0.39, 0.29) is 6.42 Å². The minimum absolute atomic E-state index is 0.124. The molecule has 3 amide bonds. The van der Waals surface area contributed by atoms with Gasteiger partial charge in [-0.3, -0.25) is 19.2 Å². The Balaban J connectivity index is 2.86. The molecule has 5 atom stereocenters. The topological polar surface area (TPSA) is 171 Å². The van der Waals surface area contributed by atoms with E-state index in [1.807, 2.05) is 0 Å². The van der Waals surface area contributed by atoms with Gasteiger partial charge in [-0.25, -0.2) is 0 Å². The van der Waals surface area contributed by atoms with Crippen LogP contribution in [0.5, 0.6) is 0 Å². The molecule has 10 nitrogen and oxygen atoms in total. The Labute approximate surface area is 168 Å². The van der Waals surface area contributed by atoms with Gasteiger partial charge in [-0.15, -0.1) is 0 Å². The number of rotatable bonds is 10. The summed E-state index contributed by atoms with van der Waals surface area (Å²) in [5.41, 5.74) is 6.28. The maximum atomic E-state index is 12.5. The summed E-state index contributed by atoms with van der Waals surface area (Å²) in [5, 5.41) is 25.6. The van der Waals surface area contributed by atoms with E-state index in [2.05, 4.69) is 16.0 Å². The summed E-state index contributed by atoms with van der Waals surface area (Å²) in [6.07, 6.45) is -0.974. The van der Waals surface area contributed by atoms with Crippen LogP contribution in [0.25, 0.3) is 0 Å². The van der Waals surface area contributed by atoms with Gasteiger partial charge in [0.15, 0.2) is 0 Å². The molecule has 1 aromatic rings. The van der Waals surface area contributed by atoms with Crippen LogP contribution in [0.2, 0.25) is 0 Å². The van der Waals surface area contributed by atoms with E-state index in [1.165, 1.54) is 20.8 Å². The van der Waals surface area contributed by atoms with E-state index in [0.717, 1.165) is 5.56 Å². The van der Waals surface area contributed by atoms with E-state index in [4.69, 9.17) is 10.8 Å². The highest BCUT2D eigenvalue weighted by atomic mass is 16.4. The Bertz CT molecular complexity index is 725. The SMILES string of the molecule is CC(NC(=O)C(Cc1ccccc1)NC(=O)C(C)NC(=O)C(N)C(C)O)C(=O)O. The van der Waals surface area contributed by atoms with Crippen molar-refractivity contribution in [2.24, 2.45) is 5.73 Å². The van der Waals surface area contributed by atoms with Crippen LogP contribution in [0.3, 0.4) is 0 Å². The summed E-state index contributed by atoms with van der Waals surface area (Å²) in [6, 6.07) is 4.43. The van der Waals surface area contributed by atoms with Crippen LogP contribution in [0.4, 0.5) is 0 Å². The molecule has 10 heteroatoms. The average Bonchev–Trinajstić information content (AvgIpc) is 2.66. The molecule has 1 rings (SSSR count). The first-order chi connectivity index (χ1) is 13.5. The minimum Gasteiger partial charge on any atom is -0.480 e. The Hall–Kier alpha value is -2.98. The molecule has 7 N–H and O–H groups in total. The van der Waals surface area contributed by atoms with Crippen LogP contribution in [-0.4, -0.2) is 64.2 Å². The van der Waals surface area contributed by atoms with Crippen LogP contribution >= 0.6 is 0 Å². The quantitative estimate of drug-likeness (QED) is 0.274. The summed E-state index contributed by atoms with van der Waals surface area (Å²) in [7, 11) is 0. The van der Waals surface area contributed by atoms with Crippen molar-refractivity contribution in [1.29, 1.82) is 0 Å². The van der Waals surface area contributed by atoms with Gasteiger partial charge in [0, 0.05) is 6.42 Å². The highest BCUT2D eigenvalue weighted by molar-refractivity contribution is 5.94. The minimum atomic E-state index is -1.21. The van der Waals surface area contributed by atoms with Gasteiger partial charge in [-0.1, -0.05) is 30.3 Å². The van der Waals surface area contributed by atoms with Crippen LogP contribution in [0.15, 0.2) is 30.3 Å². The van der Waals surface area contributed by atoms with Crippen molar-refractivity contribution in [3.63, 3.8) is 0 Å². The molecule has 160 valence electrons. The van der Waals surface area contributed by atoms with Crippen LogP contribution < -0.4 is 21.7 Å². The highest BCUT2D eigenvalue weighted by Crippen LogP contribution is 2.05. The summed E-state index contributed by atoms with van der Waals surface area (Å²) < 4.78 is 0. The molecular formula is C19H28N4O6. The molecule has 1 aromatic carbocycles. The Morgan fingerprint density at radius 2 is 1.45 bits per heavy atom. The number of carboxylic acids is 1. The molecule has 0 aliphatic carbocycles. The molecule has 0 aliphatic rings. The van der Waals surface area contributed by atoms with E-state index < -0.39 is 54.0 Å². The van der Waals surface area contributed by atoms with Crippen molar-refractivity contribution in [3.05, 3.63) is 35.9 Å². The van der Waals surface area contributed by atoms with Gasteiger partial charge in [0.25, 0.3) is 0 Å². The molecule has 0 aromatic heterocycles. The number of aliphatic carboxylic acids is 1. The zero-order valence-corrected chi connectivity index (χ0v) is 16.6. The van der Waals surface area contributed by atoms with Gasteiger partial charge in [-0.2, -0.15) is 0 Å². The summed E-state index contributed by atoms with van der Waals surface area (Å²) in [6.45, 7) is 4.06. The third-order valence-electron chi connectivity index (χ3n) is 4.22. The lowest BCUT2D eigenvalue weighted by Gasteiger charge is -2.23. The molecule has 5 unspecified atom stereocenters. The fraction of sp³-hybridized carbons (Fsp3) is 0.474. The number of carbonyl (C=O) groups is 4. The predicted molar refractivity (Wildman–Crippen MR) is 105 cm³/mol. The molecular weight excluding hydrogens is 380 g/mol. The number of carbonyl (C=O) groups excluding carboxylic acids is 3. The normalized spacial score (nSPS) is 15.9. The first-order valence-electron chi connectivity index (χ1n) is 9.14.